The van der Waals surface area contributed by atoms with E-state index >= 15 is 0 Å². The lowest BCUT2D eigenvalue weighted by atomic mass is 10.0. The number of rotatable bonds is 1. The van der Waals surface area contributed by atoms with Crippen molar-refractivity contribution in [2.24, 2.45) is 0 Å². The molecule has 1 aromatic rings. The summed E-state index contributed by atoms with van der Waals surface area (Å²) in [6, 6.07) is 4.66. The molecule has 1 aliphatic heterocycles. The minimum atomic E-state index is 0.863. The normalized spacial score (nSPS) is 22.6. The molecule has 0 bridgehead atoms. The van der Waals surface area contributed by atoms with Crippen LogP contribution in [-0.2, 0) is 13.1 Å². The second kappa shape index (κ2) is 3.43. The van der Waals surface area contributed by atoms with E-state index in [1.807, 2.05) is 0 Å². The minimum Gasteiger partial charge on any atom is -0.346 e. The van der Waals surface area contributed by atoms with Gasteiger partial charge in [-0.05, 0) is 30.9 Å². The van der Waals surface area contributed by atoms with Gasteiger partial charge in [-0.3, -0.25) is 0 Å². The molecule has 3 rings (SSSR count). The fourth-order valence-corrected chi connectivity index (χ4v) is 2.94. The zero-order chi connectivity index (χ0) is 9.38. The van der Waals surface area contributed by atoms with Gasteiger partial charge in [0.05, 0.1) is 0 Å². The molecule has 0 radical (unpaired) electrons. The van der Waals surface area contributed by atoms with Gasteiger partial charge in [-0.25, -0.2) is 0 Å². The van der Waals surface area contributed by atoms with Crippen LogP contribution in [0.3, 0.4) is 0 Å². The number of hydrogen-bond acceptors (Lipinski definition) is 1. The zero-order valence-electron chi connectivity index (χ0n) is 8.63. The average Bonchev–Trinajstić information content (AvgIpc) is 2.85. The molecule has 0 atom stereocenters. The number of aromatic nitrogens is 1. The molecule has 1 aliphatic carbocycles. The van der Waals surface area contributed by atoms with Gasteiger partial charge < -0.3 is 9.88 Å². The van der Waals surface area contributed by atoms with Crippen LogP contribution >= 0.6 is 0 Å². The third-order valence-corrected chi connectivity index (χ3v) is 3.70. The lowest BCUT2D eigenvalue weighted by molar-refractivity contribution is 0.488. The molecule has 2 heteroatoms. The third kappa shape index (κ3) is 1.29. The maximum absolute atomic E-state index is 3.42. The molecule has 1 fully saturated rings. The van der Waals surface area contributed by atoms with Crippen molar-refractivity contribution >= 4 is 0 Å². The first-order valence-corrected chi connectivity index (χ1v) is 5.84. The van der Waals surface area contributed by atoms with Crippen molar-refractivity contribution in [3.63, 3.8) is 0 Å². The molecule has 2 heterocycles. The molecule has 2 nitrogen and oxygen atoms in total. The molecule has 0 saturated heterocycles. The summed E-state index contributed by atoms with van der Waals surface area (Å²) in [6.07, 6.45) is 5.70. The molecule has 0 amide bonds. The van der Waals surface area contributed by atoms with E-state index in [9.17, 15) is 0 Å². The summed E-state index contributed by atoms with van der Waals surface area (Å²) >= 11 is 0. The lowest BCUT2D eigenvalue weighted by Gasteiger charge is -2.21. The highest BCUT2D eigenvalue weighted by Crippen LogP contribution is 2.35. The molecule has 1 saturated carbocycles. The van der Waals surface area contributed by atoms with Crippen molar-refractivity contribution in [3.05, 3.63) is 23.5 Å². The van der Waals surface area contributed by atoms with Crippen molar-refractivity contribution in [2.75, 3.05) is 6.54 Å². The highest BCUT2D eigenvalue weighted by Gasteiger charge is 2.22. The van der Waals surface area contributed by atoms with E-state index in [4.69, 9.17) is 0 Å². The number of fused-ring (bicyclic) bond motifs is 1. The third-order valence-electron chi connectivity index (χ3n) is 3.70. The van der Waals surface area contributed by atoms with Crippen molar-refractivity contribution in [2.45, 2.75) is 44.7 Å². The first-order chi connectivity index (χ1) is 6.95. The molecule has 1 N–H and O–H groups in total. The van der Waals surface area contributed by atoms with E-state index in [2.05, 4.69) is 22.0 Å². The topological polar surface area (TPSA) is 17.0 Å². The van der Waals surface area contributed by atoms with Crippen LogP contribution in [0.25, 0.3) is 0 Å². The lowest BCUT2D eigenvalue weighted by Crippen LogP contribution is -2.28. The van der Waals surface area contributed by atoms with E-state index in [1.54, 1.807) is 5.69 Å². The van der Waals surface area contributed by atoms with Gasteiger partial charge in [-0.15, -0.1) is 0 Å². The first-order valence-electron chi connectivity index (χ1n) is 5.84. The van der Waals surface area contributed by atoms with Crippen LogP contribution < -0.4 is 5.32 Å². The highest BCUT2D eigenvalue weighted by atomic mass is 15.1. The molecule has 1 aromatic heterocycles. The Kier molecular flexibility index (Phi) is 2.09. The summed E-state index contributed by atoms with van der Waals surface area (Å²) < 4.78 is 2.55. The number of hydrogen-bond donors (Lipinski definition) is 1. The van der Waals surface area contributed by atoms with E-state index in [-0.39, 0.29) is 0 Å². The van der Waals surface area contributed by atoms with Crippen LogP contribution in [0.4, 0.5) is 0 Å². The molecule has 0 spiro atoms. The molecular weight excluding hydrogens is 172 g/mol. The Bertz CT molecular complexity index is 321. The Morgan fingerprint density at radius 1 is 1.21 bits per heavy atom. The van der Waals surface area contributed by atoms with Gasteiger partial charge in [0.15, 0.2) is 0 Å². The Morgan fingerprint density at radius 3 is 2.93 bits per heavy atom. The Balaban J connectivity index is 1.93. The summed E-state index contributed by atoms with van der Waals surface area (Å²) in [5.74, 6) is 0.863. The van der Waals surface area contributed by atoms with Gasteiger partial charge in [0.25, 0.3) is 0 Å². The van der Waals surface area contributed by atoms with Crippen LogP contribution in [-0.4, -0.2) is 11.1 Å². The first kappa shape index (κ1) is 8.54. The van der Waals surface area contributed by atoms with Crippen LogP contribution in [0.2, 0.25) is 0 Å². The smallest absolute Gasteiger partial charge is 0.0360 e. The van der Waals surface area contributed by atoms with Crippen molar-refractivity contribution in [1.29, 1.82) is 0 Å². The van der Waals surface area contributed by atoms with Crippen molar-refractivity contribution < 1.29 is 0 Å². The second-order valence-corrected chi connectivity index (χ2v) is 4.56. The fourth-order valence-electron chi connectivity index (χ4n) is 2.94. The minimum absolute atomic E-state index is 0.863. The van der Waals surface area contributed by atoms with Crippen LogP contribution in [0.1, 0.15) is 43.0 Å². The monoisotopic (exact) mass is 190 g/mol. The summed E-state index contributed by atoms with van der Waals surface area (Å²) in [5.41, 5.74) is 3.09. The van der Waals surface area contributed by atoms with Gasteiger partial charge >= 0.3 is 0 Å². The van der Waals surface area contributed by atoms with Crippen LogP contribution in [0.15, 0.2) is 12.1 Å². The second-order valence-electron chi connectivity index (χ2n) is 4.56. The number of nitrogens with one attached hydrogen (secondary N) is 1. The standard InChI is InChI=1S/C12H18N2/c1-2-4-10(3-1)12-6-5-11-9-13-7-8-14(11)12/h5-6,10,13H,1-4,7-9H2. The number of nitrogens with zero attached hydrogens (tertiary/aromatic N) is 1. The molecule has 14 heavy (non-hydrogen) atoms. The van der Waals surface area contributed by atoms with Gasteiger partial charge in [-0.2, -0.15) is 0 Å². The van der Waals surface area contributed by atoms with Crippen molar-refractivity contribution in [1.82, 2.24) is 9.88 Å². The molecular formula is C12H18N2. The molecule has 0 aromatic carbocycles. The van der Waals surface area contributed by atoms with Gasteiger partial charge in [-0.1, -0.05) is 12.8 Å². The molecule has 0 unspecified atom stereocenters. The summed E-state index contributed by atoms with van der Waals surface area (Å²) in [6.45, 7) is 3.38. The Hall–Kier alpha value is -0.760. The van der Waals surface area contributed by atoms with E-state index in [0.29, 0.717) is 0 Å². The Labute approximate surface area is 85.3 Å². The van der Waals surface area contributed by atoms with Crippen LogP contribution in [0.5, 0.6) is 0 Å². The quantitative estimate of drug-likeness (QED) is 0.718. The van der Waals surface area contributed by atoms with Gasteiger partial charge in [0.2, 0.25) is 0 Å². The summed E-state index contributed by atoms with van der Waals surface area (Å²) in [4.78, 5) is 0. The predicted molar refractivity (Wildman–Crippen MR) is 57.3 cm³/mol. The highest BCUT2D eigenvalue weighted by molar-refractivity contribution is 5.21. The van der Waals surface area contributed by atoms with Crippen LogP contribution in [0, 0.1) is 0 Å². The van der Waals surface area contributed by atoms with Gasteiger partial charge in [0.1, 0.15) is 0 Å². The van der Waals surface area contributed by atoms with E-state index < -0.39 is 0 Å². The van der Waals surface area contributed by atoms with E-state index in [1.165, 1.54) is 37.9 Å². The SMILES string of the molecule is c1cc(C2CCCC2)n2c1CNCC2. The predicted octanol–water partition coefficient (Wildman–Crippen LogP) is 2.25. The molecule has 76 valence electrons. The maximum atomic E-state index is 3.42. The fraction of sp³-hybridized carbons (Fsp3) is 0.667. The van der Waals surface area contributed by atoms with Crippen molar-refractivity contribution in [3.8, 4) is 0 Å². The summed E-state index contributed by atoms with van der Waals surface area (Å²) in [5, 5.41) is 3.42. The maximum Gasteiger partial charge on any atom is 0.0360 e. The summed E-state index contributed by atoms with van der Waals surface area (Å²) in [7, 11) is 0. The van der Waals surface area contributed by atoms with E-state index in [0.717, 1.165) is 19.0 Å². The molecule has 2 aliphatic rings. The Morgan fingerprint density at radius 2 is 2.07 bits per heavy atom. The zero-order valence-corrected chi connectivity index (χ0v) is 8.63. The van der Waals surface area contributed by atoms with Gasteiger partial charge in [0, 0.05) is 31.0 Å². The average molecular weight is 190 g/mol. The largest absolute Gasteiger partial charge is 0.346 e.